The zero-order valence-electron chi connectivity index (χ0n) is 13.5. The maximum absolute atomic E-state index is 11.9. The number of hydrogen-bond acceptors (Lipinski definition) is 5. The highest BCUT2D eigenvalue weighted by Crippen LogP contribution is 2.10. The van der Waals surface area contributed by atoms with Crippen LogP contribution < -0.4 is 5.32 Å². The van der Waals surface area contributed by atoms with E-state index in [4.69, 9.17) is 4.74 Å². The van der Waals surface area contributed by atoms with E-state index in [1.165, 1.54) is 4.90 Å². The van der Waals surface area contributed by atoms with Gasteiger partial charge in [0, 0.05) is 39.9 Å². The van der Waals surface area contributed by atoms with Crippen molar-refractivity contribution in [2.45, 2.75) is 6.61 Å². The molecule has 1 aromatic carbocycles. The van der Waals surface area contributed by atoms with Gasteiger partial charge in [-0.3, -0.25) is 4.79 Å². The number of benzene rings is 1. The third kappa shape index (κ3) is 5.85. The van der Waals surface area contributed by atoms with Gasteiger partial charge in [0.2, 0.25) is 0 Å². The maximum atomic E-state index is 11.9. The fourth-order valence-corrected chi connectivity index (χ4v) is 2.06. The van der Waals surface area contributed by atoms with Gasteiger partial charge in [-0.1, -0.05) is 23.9 Å². The molecule has 1 aromatic rings. The molecule has 0 aliphatic carbocycles. The zero-order valence-corrected chi connectivity index (χ0v) is 14.3. The summed E-state index contributed by atoms with van der Waals surface area (Å²) in [5.41, 5.74) is 1.93. The van der Waals surface area contributed by atoms with Gasteiger partial charge >= 0.3 is 6.09 Å². The molecule has 1 rings (SSSR count). The Morgan fingerprint density at radius 3 is 2.27 bits per heavy atom. The first-order valence-electron chi connectivity index (χ1n) is 6.91. The number of carbonyl (C=O) groups is 2. The van der Waals surface area contributed by atoms with Crippen molar-refractivity contribution < 1.29 is 14.3 Å². The topological polar surface area (TPSA) is 61.9 Å². The van der Waals surface area contributed by atoms with Crippen molar-refractivity contribution in [2.75, 3.05) is 45.8 Å². The number of ether oxygens (including phenoxy) is 1. The highest BCUT2D eigenvalue weighted by Gasteiger charge is 2.13. The largest absolute Gasteiger partial charge is 0.445 e. The van der Waals surface area contributed by atoms with E-state index in [0.717, 1.165) is 23.0 Å². The van der Waals surface area contributed by atoms with E-state index in [0.29, 0.717) is 13.1 Å². The summed E-state index contributed by atoms with van der Waals surface area (Å²) in [6.07, 6.45) is 1.33. The Morgan fingerprint density at radius 1 is 1.14 bits per heavy atom. The van der Waals surface area contributed by atoms with Crippen LogP contribution in [0.5, 0.6) is 0 Å². The molecule has 0 aromatic heterocycles. The lowest BCUT2D eigenvalue weighted by Gasteiger charge is -2.21. The summed E-state index contributed by atoms with van der Waals surface area (Å²) in [6, 6.07) is 7.67. The maximum Gasteiger partial charge on any atom is 0.409 e. The number of rotatable bonds is 6. The lowest BCUT2D eigenvalue weighted by molar-refractivity contribution is 0.103. The molecule has 0 saturated carbocycles. The second-order valence-corrected chi connectivity index (χ2v) is 5.57. The Balaban J connectivity index is 2.35. The average Bonchev–Trinajstić information content (AvgIpc) is 2.56. The summed E-state index contributed by atoms with van der Waals surface area (Å²) in [7, 11) is 5.22. The van der Waals surface area contributed by atoms with Crippen LogP contribution in [0.3, 0.4) is 0 Å². The first-order chi connectivity index (χ1) is 10.5. The summed E-state index contributed by atoms with van der Waals surface area (Å²) in [5, 5.41) is 3.01. The van der Waals surface area contributed by atoms with E-state index in [2.05, 4.69) is 5.32 Å². The van der Waals surface area contributed by atoms with Crippen LogP contribution in [0.25, 0.3) is 0 Å². The Labute approximate surface area is 135 Å². The van der Waals surface area contributed by atoms with Gasteiger partial charge in [-0.25, -0.2) is 4.79 Å². The van der Waals surface area contributed by atoms with Crippen LogP contribution in [-0.2, 0) is 11.3 Å². The highest BCUT2D eigenvalue weighted by atomic mass is 32.2. The first kappa shape index (κ1) is 18.2. The summed E-state index contributed by atoms with van der Waals surface area (Å²) >= 11 is 1.15. The lowest BCUT2D eigenvalue weighted by atomic mass is 10.2. The van der Waals surface area contributed by atoms with Crippen molar-refractivity contribution in [1.29, 1.82) is 0 Å². The molecule has 1 N–H and O–H groups in total. The Kier molecular flexibility index (Phi) is 7.59. The quantitative estimate of drug-likeness (QED) is 0.871. The fraction of sp³-hybridized carbons (Fsp3) is 0.467. The van der Waals surface area contributed by atoms with Gasteiger partial charge in [0.25, 0.3) is 5.24 Å². The molecule has 0 fully saturated rings. The molecule has 7 heteroatoms. The molecule has 0 bridgehead atoms. The van der Waals surface area contributed by atoms with Gasteiger partial charge in [0.15, 0.2) is 0 Å². The van der Waals surface area contributed by atoms with E-state index < -0.39 is 6.09 Å². The fourth-order valence-electron chi connectivity index (χ4n) is 1.66. The molecule has 0 heterocycles. The van der Waals surface area contributed by atoms with Crippen LogP contribution in [0.2, 0.25) is 0 Å². The Bertz CT molecular complexity index is 493. The van der Waals surface area contributed by atoms with Gasteiger partial charge in [-0.15, -0.1) is 0 Å². The number of carbonyl (C=O) groups excluding carboxylic acids is 2. The summed E-state index contributed by atoms with van der Waals surface area (Å²) in [6.45, 7) is 1.13. The third-order valence-corrected chi connectivity index (χ3v) is 3.83. The SMILES string of the molecule is CNc1ccc(COC(=O)N(C)CCN(C)C(=O)SC)cc1. The van der Waals surface area contributed by atoms with Crippen molar-refractivity contribution in [3.05, 3.63) is 29.8 Å². The van der Waals surface area contributed by atoms with Crippen LogP contribution in [0, 0.1) is 0 Å². The molecule has 0 saturated heterocycles. The van der Waals surface area contributed by atoms with Crippen LogP contribution in [0.4, 0.5) is 15.3 Å². The molecule has 0 spiro atoms. The lowest BCUT2D eigenvalue weighted by Crippen LogP contribution is -2.36. The molecule has 22 heavy (non-hydrogen) atoms. The number of thioether (sulfide) groups is 1. The van der Waals surface area contributed by atoms with Crippen molar-refractivity contribution in [3.63, 3.8) is 0 Å². The van der Waals surface area contributed by atoms with Gasteiger partial charge in [-0.2, -0.15) is 0 Å². The number of likely N-dealkylation sites (N-methyl/N-ethyl adjacent to an activating group) is 2. The summed E-state index contributed by atoms with van der Waals surface area (Å²) in [4.78, 5) is 26.3. The minimum absolute atomic E-state index is 0.0219. The van der Waals surface area contributed by atoms with Crippen molar-refractivity contribution >= 4 is 28.8 Å². The number of amides is 2. The van der Waals surface area contributed by atoms with Crippen molar-refractivity contribution in [2.24, 2.45) is 0 Å². The number of nitrogens with zero attached hydrogens (tertiary/aromatic N) is 2. The first-order valence-corrected chi connectivity index (χ1v) is 8.14. The number of hydrogen-bond donors (Lipinski definition) is 1. The molecule has 0 radical (unpaired) electrons. The van der Waals surface area contributed by atoms with Crippen LogP contribution in [-0.4, -0.2) is 61.6 Å². The van der Waals surface area contributed by atoms with Gasteiger partial charge < -0.3 is 19.9 Å². The molecule has 122 valence electrons. The zero-order chi connectivity index (χ0) is 16.5. The minimum atomic E-state index is -0.400. The van der Waals surface area contributed by atoms with E-state index >= 15 is 0 Å². The van der Waals surface area contributed by atoms with E-state index in [1.54, 1.807) is 25.3 Å². The molecular weight excluding hydrogens is 302 g/mol. The normalized spacial score (nSPS) is 10.0. The van der Waals surface area contributed by atoms with E-state index in [9.17, 15) is 9.59 Å². The van der Waals surface area contributed by atoms with Crippen molar-refractivity contribution in [1.82, 2.24) is 9.80 Å². The number of anilines is 1. The Hall–Kier alpha value is -1.89. The standard InChI is InChI=1S/C15H23N3O3S/c1-16-13-7-5-12(6-8-13)11-21-14(19)17(2)9-10-18(3)15(20)22-4/h5-8,16H,9-11H2,1-4H3. The van der Waals surface area contributed by atoms with Crippen LogP contribution in [0.15, 0.2) is 24.3 Å². The Morgan fingerprint density at radius 2 is 1.73 bits per heavy atom. The molecular formula is C15H23N3O3S. The predicted molar refractivity (Wildman–Crippen MR) is 90.3 cm³/mol. The minimum Gasteiger partial charge on any atom is -0.445 e. The molecule has 0 atom stereocenters. The average molecular weight is 325 g/mol. The predicted octanol–water partition coefficient (Wildman–Crippen LogP) is 2.71. The highest BCUT2D eigenvalue weighted by molar-refractivity contribution is 8.12. The van der Waals surface area contributed by atoms with Gasteiger partial charge in [-0.05, 0) is 24.0 Å². The molecule has 0 aliphatic heterocycles. The van der Waals surface area contributed by atoms with Gasteiger partial charge in [0.05, 0.1) is 0 Å². The number of nitrogens with one attached hydrogen (secondary N) is 1. The molecule has 0 aliphatic rings. The smallest absolute Gasteiger partial charge is 0.409 e. The van der Waals surface area contributed by atoms with Crippen LogP contribution in [0.1, 0.15) is 5.56 Å². The van der Waals surface area contributed by atoms with E-state index in [-0.39, 0.29) is 11.8 Å². The van der Waals surface area contributed by atoms with E-state index in [1.807, 2.05) is 31.3 Å². The third-order valence-electron chi connectivity index (χ3n) is 3.17. The van der Waals surface area contributed by atoms with Crippen molar-refractivity contribution in [3.8, 4) is 0 Å². The molecule has 2 amide bonds. The van der Waals surface area contributed by atoms with Gasteiger partial charge in [0.1, 0.15) is 6.61 Å². The second-order valence-electron chi connectivity index (χ2n) is 4.81. The molecule has 6 nitrogen and oxygen atoms in total. The summed E-state index contributed by atoms with van der Waals surface area (Å²) < 4.78 is 5.24. The second kappa shape index (κ2) is 9.19. The monoisotopic (exact) mass is 325 g/mol. The summed E-state index contributed by atoms with van der Waals surface area (Å²) in [5.74, 6) is 0. The van der Waals surface area contributed by atoms with Crippen LogP contribution >= 0.6 is 11.8 Å². The molecule has 0 unspecified atom stereocenters.